The van der Waals surface area contributed by atoms with Crippen LogP contribution in [0.2, 0.25) is 0 Å². The molecule has 1 amide bonds. The summed E-state index contributed by atoms with van der Waals surface area (Å²) in [7, 11) is 0. The van der Waals surface area contributed by atoms with E-state index in [2.05, 4.69) is 10.6 Å². The van der Waals surface area contributed by atoms with E-state index in [0.717, 1.165) is 18.7 Å². The predicted molar refractivity (Wildman–Crippen MR) is 76.1 cm³/mol. The summed E-state index contributed by atoms with van der Waals surface area (Å²) in [4.78, 5) is 11.9. The van der Waals surface area contributed by atoms with Crippen LogP contribution in [-0.2, 0) is 9.53 Å². The third-order valence-electron chi connectivity index (χ3n) is 3.37. The van der Waals surface area contributed by atoms with E-state index in [1.54, 1.807) is 6.92 Å². The molecule has 1 fully saturated rings. The van der Waals surface area contributed by atoms with E-state index in [-0.39, 0.29) is 5.91 Å². The van der Waals surface area contributed by atoms with Gasteiger partial charge in [0, 0.05) is 11.7 Å². The van der Waals surface area contributed by atoms with Crippen LogP contribution in [0, 0.1) is 0 Å². The number of carbonyl (C=O) groups excluding carboxylic acids is 1. The van der Waals surface area contributed by atoms with Crippen molar-refractivity contribution in [3.63, 3.8) is 0 Å². The molecule has 2 rings (SSSR count). The van der Waals surface area contributed by atoms with E-state index in [1.807, 2.05) is 30.3 Å². The van der Waals surface area contributed by atoms with Crippen LogP contribution in [0.1, 0.15) is 26.2 Å². The van der Waals surface area contributed by atoms with Crippen molar-refractivity contribution in [2.45, 2.75) is 38.3 Å². The number of piperidine rings is 1. The van der Waals surface area contributed by atoms with Crippen molar-refractivity contribution in [2.75, 3.05) is 18.5 Å². The molecule has 1 aromatic carbocycles. The first kappa shape index (κ1) is 14.0. The van der Waals surface area contributed by atoms with Gasteiger partial charge in [-0.15, -0.1) is 0 Å². The SMILES string of the molecule is CC(OCC1CCCCN1)C(=O)Nc1ccccc1. The van der Waals surface area contributed by atoms with E-state index in [0.29, 0.717) is 12.6 Å². The first-order valence-corrected chi connectivity index (χ1v) is 6.96. The quantitative estimate of drug-likeness (QED) is 0.855. The molecule has 1 aliphatic rings. The summed E-state index contributed by atoms with van der Waals surface area (Å²) in [5.74, 6) is -0.0954. The van der Waals surface area contributed by atoms with E-state index in [9.17, 15) is 4.79 Å². The molecule has 0 bridgehead atoms. The zero-order valence-electron chi connectivity index (χ0n) is 11.4. The number of hydrogen-bond acceptors (Lipinski definition) is 3. The van der Waals surface area contributed by atoms with Crippen molar-refractivity contribution in [1.82, 2.24) is 5.32 Å². The molecule has 104 valence electrons. The number of hydrogen-bond donors (Lipinski definition) is 2. The maximum atomic E-state index is 11.9. The molecule has 0 spiro atoms. The van der Waals surface area contributed by atoms with E-state index >= 15 is 0 Å². The summed E-state index contributed by atoms with van der Waals surface area (Å²) < 4.78 is 5.64. The van der Waals surface area contributed by atoms with E-state index in [1.165, 1.54) is 12.8 Å². The fourth-order valence-corrected chi connectivity index (χ4v) is 2.17. The molecule has 2 N–H and O–H groups in total. The summed E-state index contributed by atoms with van der Waals surface area (Å²) in [5.41, 5.74) is 0.804. The minimum absolute atomic E-state index is 0.0954. The summed E-state index contributed by atoms with van der Waals surface area (Å²) in [6, 6.07) is 9.84. The van der Waals surface area contributed by atoms with Gasteiger partial charge in [-0.05, 0) is 38.4 Å². The van der Waals surface area contributed by atoms with Crippen LogP contribution in [0.25, 0.3) is 0 Å². The lowest BCUT2D eigenvalue weighted by atomic mass is 10.1. The molecule has 1 heterocycles. The number of ether oxygens (including phenoxy) is 1. The smallest absolute Gasteiger partial charge is 0.253 e. The second-order valence-corrected chi connectivity index (χ2v) is 4.98. The summed E-state index contributed by atoms with van der Waals surface area (Å²) in [5, 5.41) is 6.25. The maximum absolute atomic E-state index is 11.9. The molecule has 4 nitrogen and oxygen atoms in total. The number of rotatable bonds is 5. The Labute approximate surface area is 114 Å². The molecule has 0 saturated carbocycles. The molecule has 1 aliphatic heterocycles. The minimum atomic E-state index is -0.427. The molecule has 1 saturated heterocycles. The Morgan fingerprint density at radius 1 is 1.42 bits per heavy atom. The summed E-state index contributed by atoms with van der Waals surface area (Å²) >= 11 is 0. The average molecular weight is 262 g/mol. The highest BCUT2D eigenvalue weighted by Crippen LogP contribution is 2.09. The maximum Gasteiger partial charge on any atom is 0.253 e. The van der Waals surface area contributed by atoms with Gasteiger partial charge in [0.05, 0.1) is 6.61 Å². The number of amides is 1. The van der Waals surface area contributed by atoms with Crippen molar-refractivity contribution in [3.05, 3.63) is 30.3 Å². The fourth-order valence-electron chi connectivity index (χ4n) is 2.17. The predicted octanol–water partition coefficient (Wildman–Crippen LogP) is 2.17. The minimum Gasteiger partial charge on any atom is -0.367 e. The van der Waals surface area contributed by atoms with Crippen LogP contribution >= 0.6 is 0 Å². The molecule has 1 aromatic rings. The largest absolute Gasteiger partial charge is 0.367 e. The van der Waals surface area contributed by atoms with Gasteiger partial charge in [-0.3, -0.25) is 4.79 Å². The molecule has 0 aromatic heterocycles. The standard InChI is InChI=1S/C15H22N2O2/c1-12(19-11-14-9-5-6-10-16-14)15(18)17-13-7-3-2-4-8-13/h2-4,7-8,12,14,16H,5-6,9-11H2,1H3,(H,17,18). The number of para-hydroxylation sites is 1. The van der Waals surface area contributed by atoms with Gasteiger partial charge in [0.1, 0.15) is 6.10 Å². The lowest BCUT2D eigenvalue weighted by Crippen LogP contribution is -2.40. The topological polar surface area (TPSA) is 50.4 Å². The number of carbonyl (C=O) groups is 1. The van der Waals surface area contributed by atoms with E-state index < -0.39 is 6.10 Å². The van der Waals surface area contributed by atoms with Crippen LogP contribution in [0.4, 0.5) is 5.69 Å². The zero-order valence-corrected chi connectivity index (χ0v) is 11.4. The van der Waals surface area contributed by atoms with E-state index in [4.69, 9.17) is 4.74 Å². The second kappa shape index (κ2) is 7.26. The zero-order chi connectivity index (χ0) is 13.5. The van der Waals surface area contributed by atoms with Gasteiger partial charge in [-0.2, -0.15) is 0 Å². The van der Waals surface area contributed by atoms with Crippen LogP contribution in [0.15, 0.2) is 30.3 Å². The Hall–Kier alpha value is -1.39. The molecule has 4 heteroatoms. The molecule has 19 heavy (non-hydrogen) atoms. The van der Waals surface area contributed by atoms with Gasteiger partial charge in [-0.1, -0.05) is 24.6 Å². The third kappa shape index (κ3) is 4.65. The normalized spacial score (nSPS) is 20.8. The first-order valence-electron chi connectivity index (χ1n) is 6.96. The molecule has 0 radical (unpaired) electrons. The van der Waals surface area contributed by atoms with Gasteiger partial charge < -0.3 is 15.4 Å². The average Bonchev–Trinajstić information content (AvgIpc) is 2.47. The lowest BCUT2D eigenvalue weighted by molar-refractivity contribution is -0.126. The lowest BCUT2D eigenvalue weighted by Gasteiger charge is -2.24. The van der Waals surface area contributed by atoms with Gasteiger partial charge in [0.2, 0.25) is 0 Å². The van der Waals surface area contributed by atoms with Crippen LogP contribution in [0.5, 0.6) is 0 Å². The Balaban J connectivity index is 1.73. The Bertz CT molecular complexity index is 388. The highest BCUT2D eigenvalue weighted by molar-refractivity contribution is 5.93. The molecular weight excluding hydrogens is 240 g/mol. The Morgan fingerprint density at radius 2 is 2.21 bits per heavy atom. The van der Waals surface area contributed by atoms with Gasteiger partial charge in [0.15, 0.2) is 0 Å². The fraction of sp³-hybridized carbons (Fsp3) is 0.533. The van der Waals surface area contributed by atoms with Crippen molar-refractivity contribution in [2.24, 2.45) is 0 Å². The Kier molecular flexibility index (Phi) is 5.36. The summed E-state index contributed by atoms with van der Waals surface area (Å²) in [6.45, 7) is 3.45. The van der Waals surface area contributed by atoms with Crippen molar-refractivity contribution < 1.29 is 9.53 Å². The molecule has 0 aliphatic carbocycles. The summed E-state index contributed by atoms with van der Waals surface area (Å²) in [6.07, 6.45) is 3.18. The number of nitrogens with one attached hydrogen (secondary N) is 2. The first-order chi connectivity index (χ1) is 9.25. The number of anilines is 1. The van der Waals surface area contributed by atoms with Crippen LogP contribution < -0.4 is 10.6 Å². The Morgan fingerprint density at radius 3 is 2.89 bits per heavy atom. The van der Waals surface area contributed by atoms with Gasteiger partial charge >= 0.3 is 0 Å². The second-order valence-electron chi connectivity index (χ2n) is 4.98. The van der Waals surface area contributed by atoms with Crippen molar-refractivity contribution in [1.29, 1.82) is 0 Å². The molecular formula is C15H22N2O2. The number of benzene rings is 1. The van der Waals surface area contributed by atoms with Crippen LogP contribution in [-0.4, -0.2) is 31.2 Å². The highest BCUT2D eigenvalue weighted by Gasteiger charge is 2.17. The molecule has 2 unspecified atom stereocenters. The van der Waals surface area contributed by atoms with Crippen LogP contribution in [0.3, 0.4) is 0 Å². The third-order valence-corrected chi connectivity index (χ3v) is 3.37. The molecule has 2 atom stereocenters. The van der Waals surface area contributed by atoms with Gasteiger partial charge in [-0.25, -0.2) is 0 Å². The highest BCUT2D eigenvalue weighted by atomic mass is 16.5. The van der Waals surface area contributed by atoms with Crippen molar-refractivity contribution in [3.8, 4) is 0 Å². The van der Waals surface area contributed by atoms with Crippen molar-refractivity contribution >= 4 is 11.6 Å². The monoisotopic (exact) mass is 262 g/mol. The van der Waals surface area contributed by atoms with Gasteiger partial charge in [0.25, 0.3) is 5.91 Å².